The Hall–Kier alpha value is -0.920. The van der Waals surface area contributed by atoms with Gasteiger partial charge in [0.2, 0.25) is 0 Å². The summed E-state index contributed by atoms with van der Waals surface area (Å²) in [4.78, 5) is 15.4. The van der Waals surface area contributed by atoms with Crippen molar-refractivity contribution >= 4 is 21.7 Å². The number of alkyl halides is 3. The topological polar surface area (TPSA) is 23.6 Å². The maximum absolute atomic E-state index is 12.3. The van der Waals surface area contributed by atoms with Crippen LogP contribution < -0.4 is 0 Å². The Morgan fingerprint density at radius 2 is 1.76 bits per heavy atom. The van der Waals surface area contributed by atoms with Gasteiger partial charge in [0.1, 0.15) is 0 Å². The minimum atomic E-state index is -4.16. The first-order chi connectivity index (χ1) is 9.83. The van der Waals surface area contributed by atoms with Gasteiger partial charge in [0.05, 0.1) is 13.1 Å². The quantitative estimate of drug-likeness (QED) is 0.767. The maximum Gasteiger partial charge on any atom is 0.401 e. The molecular weight excluding hydrogens is 349 g/mol. The molecule has 21 heavy (non-hydrogen) atoms. The second kappa shape index (κ2) is 6.89. The van der Waals surface area contributed by atoms with Crippen LogP contribution in [-0.4, -0.2) is 61.0 Å². The fourth-order valence-corrected chi connectivity index (χ4v) is 2.71. The lowest BCUT2D eigenvalue weighted by Crippen LogP contribution is -2.50. The third-order valence-electron chi connectivity index (χ3n) is 3.38. The van der Waals surface area contributed by atoms with Crippen molar-refractivity contribution in [1.82, 2.24) is 9.80 Å². The number of rotatable bonds is 4. The number of carbonyl (C=O) groups excluding carboxylic acids is 1. The van der Waals surface area contributed by atoms with E-state index in [1.165, 1.54) is 4.90 Å². The highest BCUT2D eigenvalue weighted by atomic mass is 79.9. The second-order valence-corrected chi connectivity index (χ2v) is 6.02. The number of hydrogen-bond donors (Lipinski definition) is 0. The lowest BCUT2D eigenvalue weighted by atomic mass is 10.1. The Morgan fingerprint density at radius 1 is 1.14 bits per heavy atom. The van der Waals surface area contributed by atoms with E-state index in [0.717, 1.165) is 4.47 Å². The lowest BCUT2D eigenvalue weighted by Gasteiger charge is -2.34. The van der Waals surface area contributed by atoms with Gasteiger partial charge in [-0.1, -0.05) is 28.1 Å². The molecule has 2 rings (SSSR count). The van der Waals surface area contributed by atoms with Crippen LogP contribution in [0.3, 0.4) is 0 Å². The molecule has 1 saturated heterocycles. The predicted molar refractivity (Wildman–Crippen MR) is 77.4 cm³/mol. The molecule has 1 fully saturated rings. The van der Waals surface area contributed by atoms with Crippen molar-refractivity contribution in [3.05, 3.63) is 34.3 Å². The molecule has 0 spiro atoms. The fourth-order valence-electron chi connectivity index (χ4n) is 2.32. The molecule has 0 atom stereocenters. The van der Waals surface area contributed by atoms with Gasteiger partial charge in [-0.15, -0.1) is 0 Å². The van der Waals surface area contributed by atoms with Crippen molar-refractivity contribution in [2.75, 3.05) is 39.3 Å². The van der Waals surface area contributed by atoms with Gasteiger partial charge in [0.15, 0.2) is 5.78 Å². The average Bonchev–Trinajstić information content (AvgIpc) is 2.39. The number of benzene rings is 1. The van der Waals surface area contributed by atoms with E-state index in [-0.39, 0.29) is 12.3 Å². The number of hydrogen-bond acceptors (Lipinski definition) is 3. The van der Waals surface area contributed by atoms with E-state index in [1.54, 1.807) is 18.2 Å². The summed E-state index contributed by atoms with van der Waals surface area (Å²) in [5.41, 5.74) is 0.613. The van der Waals surface area contributed by atoms with Crippen LogP contribution in [0.1, 0.15) is 10.4 Å². The highest BCUT2D eigenvalue weighted by Crippen LogP contribution is 2.18. The van der Waals surface area contributed by atoms with Crippen molar-refractivity contribution < 1.29 is 18.0 Å². The molecule has 1 heterocycles. The highest BCUT2D eigenvalue weighted by molar-refractivity contribution is 9.10. The summed E-state index contributed by atoms with van der Waals surface area (Å²) in [6.07, 6.45) is -4.16. The zero-order valence-corrected chi connectivity index (χ0v) is 13.0. The number of carbonyl (C=O) groups is 1. The smallest absolute Gasteiger partial charge is 0.293 e. The van der Waals surface area contributed by atoms with Gasteiger partial charge in [-0.2, -0.15) is 13.2 Å². The monoisotopic (exact) mass is 364 g/mol. The molecule has 1 aromatic carbocycles. The van der Waals surface area contributed by atoms with Gasteiger partial charge in [-0.25, -0.2) is 0 Å². The summed E-state index contributed by atoms with van der Waals surface area (Å²) in [7, 11) is 0. The van der Waals surface area contributed by atoms with Crippen LogP contribution in [-0.2, 0) is 0 Å². The first-order valence-corrected chi connectivity index (χ1v) is 7.43. The van der Waals surface area contributed by atoms with Crippen LogP contribution >= 0.6 is 15.9 Å². The molecule has 0 bridgehead atoms. The first kappa shape index (κ1) is 16.5. The van der Waals surface area contributed by atoms with Gasteiger partial charge in [-0.05, 0) is 12.1 Å². The van der Waals surface area contributed by atoms with Crippen LogP contribution in [0.2, 0.25) is 0 Å². The van der Waals surface area contributed by atoms with E-state index < -0.39 is 12.7 Å². The Kier molecular flexibility index (Phi) is 5.40. The molecule has 116 valence electrons. The van der Waals surface area contributed by atoms with Gasteiger partial charge in [0, 0.05) is 36.2 Å². The fraction of sp³-hybridized carbons (Fsp3) is 0.500. The Labute approximate surface area is 129 Å². The molecule has 0 aliphatic carbocycles. The Bertz CT molecular complexity index is 499. The van der Waals surface area contributed by atoms with Gasteiger partial charge in [-0.3, -0.25) is 14.6 Å². The molecule has 1 aromatic rings. The first-order valence-electron chi connectivity index (χ1n) is 6.64. The van der Waals surface area contributed by atoms with E-state index >= 15 is 0 Å². The SMILES string of the molecule is O=C(CN1CCN(CC(F)(F)F)CC1)c1cccc(Br)c1. The summed E-state index contributed by atoms with van der Waals surface area (Å²) in [5.74, 6) is -0.0134. The zero-order chi connectivity index (χ0) is 15.5. The molecule has 0 amide bonds. The molecule has 0 N–H and O–H groups in total. The van der Waals surface area contributed by atoms with Crippen molar-refractivity contribution in [3.8, 4) is 0 Å². The molecule has 3 nitrogen and oxygen atoms in total. The van der Waals surface area contributed by atoms with Crippen molar-refractivity contribution in [1.29, 1.82) is 0 Å². The Morgan fingerprint density at radius 3 is 2.33 bits per heavy atom. The standard InChI is InChI=1S/C14H16BrF3N2O/c15-12-3-1-2-11(8-12)13(21)9-19-4-6-20(7-5-19)10-14(16,17)18/h1-3,8H,4-7,9-10H2. The molecule has 0 unspecified atom stereocenters. The number of halogens is 4. The van der Waals surface area contributed by atoms with E-state index in [0.29, 0.717) is 31.7 Å². The second-order valence-electron chi connectivity index (χ2n) is 5.10. The van der Waals surface area contributed by atoms with Gasteiger partial charge < -0.3 is 0 Å². The number of piperazine rings is 1. The average molecular weight is 365 g/mol. The van der Waals surface area contributed by atoms with Crippen LogP contribution in [0.15, 0.2) is 28.7 Å². The normalized spacial score (nSPS) is 17.9. The number of Topliss-reactive ketones (excluding diaryl/α,β-unsaturated/α-hetero) is 1. The van der Waals surface area contributed by atoms with Crippen molar-refractivity contribution in [2.45, 2.75) is 6.18 Å². The molecule has 7 heteroatoms. The van der Waals surface area contributed by atoms with Crippen LogP contribution in [0.4, 0.5) is 13.2 Å². The minimum absolute atomic E-state index is 0.0134. The lowest BCUT2D eigenvalue weighted by molar-refractivity contribution is -0.149. The summed E-state index contributed by atoms with van der Waals surface area (Å²) in [5, 5.41) is 0. The van der Waals surface area contributed by atoms with E-state index in [9.17, 15) is 18.0 Å². The molecule has 0 saturated carbocycles. The van der Waals surface area contributed by atoms with Crippen LogP contribution in [0.5, 0.6) is 0 Å². The molecule has 0 radical (unpaired) electrons. The Balaban J connectivity index is 1.82. The minimum Gasteiger partial charge on any atom is -0.293 e. The van der Waals surface area contributed by atoms with E-state index in [1.807, 2.05) is 11.0 Å². The number of nitrogens with zero attached hydrogens (tertiary/aromatic N) is 2. The number of ketones is 1. The van der Waals surface area contributed by atoms with Crippen molar-refractivity contribution in [3.63, 3.8) is 0 Å². The van der Waals surface area contributed by atoms with Gasteiger partial charge in [0.25, 0.3) is 0 Å². The summed E-state index contributed by atoms with van der Waals surface area (Å²) in [6.45, 7) is 1.01. The van der Waals surface area contributed by atoms with E-state index in [4.69, 9.17) is 0 Å². The highest BCUT2D eigenvalue weighted by Gasteiger charge is 2.32. The zero-order valence-electron chi connectivity index (χ0n) is 11.4. The van der Waals surface area contributed by atoms with Crippen LogP contribution in [0, 0.1) is 0 Å². The molecule has 1 aliphatic heterocycles. The summed E-state index contributed by atoms with van der Waals surface area (Å²) >= 11 is 3.31. The predicted octanol–water partition coefficient (Wildman–Crippen LogP) is 2.81. The van der Waals surface area contributed by atoms with Crippen molar-refractivity contribution in [2.24, 2.45) is 0 Å². The third-order valence-corrected chi connectivity index (χ3v) is 3.87. The molecule has 0 aromatic heterocycles. The van der Waals surface area contributed by atoms with Crippen LogP contribution in [0.25, 0.3) is 0 Å². The molecule has 1 aliphatic rings. The molecular formula is C14H16BrF3N2O. The largest absolute Gasteiger partial charge is 0.401 e. The maximum atomic E-state index is 12.3. The van der Waals surface area contributed by atoms with E-state index in [2.05, 4.69) is 15.9 Å². The van der Waals surface area contributed by atoms with Gasteiger partial charge >= 0.3 is 6.18 Å². The summed E-state index contributed by atoms with van der Waals surface area (Å²) in [6, 6.07) is 7.13. The summed E-state index contributed by atoms with van der Waals surface area (Å²) < 4.78 is 37.7. The third kappa shape index (κ3) is 5.41.